The van der Waals surface area contributed by atoms with Crippen LogP contribution in [0, 0.1) is 10.8 Å². The molecule has 0 radical (unpaired) electrons. The normalized spacial score (nSPS) is 39.1. The van der Waals surface area contributed by atoms with E-state index in [0.29, 0.717) is 5.41 Å². The summed E-state index contributed by atoms with van der Waals surface area (Å²) in [6, 6.07) is 0. The third-order valence-electron chi connectivity index (χ3n) is 4.41. The Morgan fingerprint density at radius 3 is 2.20 bits per heavy atom. The average molecular weight is 229 g/mol. The molecule has 15 heavy (non-hydrogen) atoms. The zero-order chi connectivity index (χ0) is 10.9. The molecule has 0 aliphatic heterocycles. The van der Waals surface area contributed by atoms with Crippen molar-refractivity contribution in [2.24, 2.45) is 16.0 Å². The van der Waals surface area contributed by atoms with Crippen LogP contribution < -0.4 is 5.14 Å². The second kappa shape index (κ2) is 3.98. The molecular formula is C11H19NO2S. The van der Waals surface area contributed by atoms with Gasteiger partial charge in [-0.15, -0.1) is 0 Å². The first-order chi connectivity index (χ1) is 7.16. The molecule has 3 fully saturated rings. The number of hydrogen-bond donors (Lipinski definition) is 1. The Hall–Kier alpha value is -0.220. The van der Waals surface area contributed by atoms with Gasteiger partial charge < -0.3 is 4.74 Å². The minimum Gasteiger partial charge on any atom is -0.469 e. The lowest BCUT2D eigenvalue weighted by atomic mass is 9.54. The molecule has 4 heteroatoms. The van der Waals surface area contributed by atoms with Crippen LogP contribution in [0.25, 0.3) is 0 Å². The number of nitrogens with two attached hydrogens (primary N) is 1. The summed E-state index contributed by atoms with van der Waals surface area (Å²) in [6.07, 6.45) is 6.44. The van der Waals surface area contributed by atoms with Crippen LogP contribution in [0.4, 0.5) is 0 Å². The number of hydrogen-bond acceptors (Lipinski definition) is 4. The van der Waals surface area contributed by atoms with Crippen LogP contribution >= 0.6 is 11.9 Å². The lowest BCUT2D eigenvalue weighted by Crippen LogP contribution is -2.47. The number of esters is 1. The van der Waals surface area contributed by atoms with Crippen molar-refractivity contribution in [1.82, 2.24) is 0 Å². The number of methoxy groups -OCH3 is 1. The molecule has 3 aliphatic rings. The average Bonchev–Trinajstić information content (AvgIpc) is 2.30. The molecule has 3 nitrogen and oxygen atoms in total. The van der Waals surface area contributed by atoms with Crippen LogP contribution in [0.15, 0.2) is 0 Å². The van der Waals surface area contributed by atoms with E-state index in [4.69, 9.17) is 9.88 Å². The van der Waals surface area contributed by atoms with E-state index in [-0.39, 0.29) is 11.4 Å². The van der Waals surface area contributed by atoms with Crippen LogP contribution in [0.2, 0.25) is 0 Å². The number of carbonyl (C=O) groups is 1. The molecular weight excluding hydrogens is 210 g/mol. The number of fused-ring (bicyclic) bond motifs is 3. The molecule has 0 amide bonds. The van der Waals surface area contributed by atoms with Crippen LogP contribution in [-0.2, 0) is 9.53 Å². The minimum absolute atomic E-state index is 0.0104. The van der Waals surface area contributed by atoms with Gasteiger partial charge in [0.1, 0.15) is 0 Å². The molecule has 86 valence electrons. The summed E-state index contributed by atoms with van der Waals surface area (Å²) in [4.78, 5) is 11.8. The van der Waals surface area contributed by atoms with E-state index in [2.05, 4.69) is 0 Å². The Balaban J connectivity index is 2.07. The highest BCUT2D eigenvalue weighted by Crippen LogP contribution is 2.57. The molecule has 0 unspecified atom stereocenters. The van der Waals surface area contributed by atoms with Gasteiger partial charge in [0.25, 0.3) is 0 Å². The standard InChI is InChI=1S/C11H19NO2S/c1-14-9(13)11-5-2-10(3-6-11,4-7-11)8-15-12/h2-8,12H2,1H3. The van der Waals surface area contributed by atoms with E-state index in [9.17, 15) is 4.79 Å². The molecule has 0 saturated heterocycles. The van der Waals surface area contributed by atoms with Crippen LogP contribution in [-0.4, -0.2) is 18.8 Å². The molecule has 3 saturated carbocycles. The smallest absolute Gasteiger partial charge is 0.311 e. The van der Waals surface area contributed by atoms with Gasteiger partial charge in [-0.2, -0.15) is 0 Å². The van der Waals surface area contributed by atoms with Gasteiger partial charge in [0, 0.05) is 5.75 Å². The summed E-state index contributed by atoms with van der Waals surface area (Å²) >= 11 is 1.45. The van der Waals surface area contributed by atoms with E-state index in [1.165, 1.54) is 19.1 Å². The molecule has 0 aromatic rings. The second-order valence-electron chi connectivity index (χ2n) is 5.08. The van der Waals surface area contributed by atoms with E-state index < -0.39 is 0 Å². The highest BCUT2D eigenvalue weighted by Gasteiger charge is 2.52. The van der Waals surface area contributed by atoms with E-state index in [1.54, 1.807) is 0 Å². The molecule has 0 atom stereocenters. The van der Waals surface area contributed by atoms with Gasteiger partial charge in [-0.25, -0.2) is 0 Å². The summed E-state index contributed by atoms with van der Waals surface area (Å²) < 4.78 is 4.93. The topological polar surface area (TPSA) is 52.3 Å². The first-order valence-electron chi connectivity index (χ1n) is 5.57. The zero-order valence-electron chi connectivity index (χ0n) is 9.25. The van der Waals surface area contributed by atoms with Crippen molar-refractivity contribution < 1.29 is 9.53 Å². The maximum Gasteiger partial charge on any atom is 0.311 e. The van der Waals surface area contributed by atoms with Crippen molar-refractivity contribution in [3.8, 4) is 0 Å². The first-order valence-corrected chi connectivity index (χ1v) is 6.61. The van der Waals surface area contributed by atoms with Gasteiger partial charge in [-0.1, -0.05) is 11.9 Å². The molecule has 0 aromatic heterocycles. The third kappa shape index (κ3) is 1.78. The lowest BCUT2D eigenvalue weighted by Gasteiger charge is -2.51. The molecule has 2 N–H and O–H groups in total. The predicted molar refractivity (Wildman–Crippen MR) is 61.2 cm³/mol. The molecule has 0 spiro atoms. The van der Waals surface area contributed by atoms with Gasteiger partial charge >= 0.3 is 5.97 Å². The molecule has 3 rings (SSSR count). The highest BCUT2D eigenvalue weighted by atomic mass is 32.2. The maximum absolute atomic E-state index is 11.8. The molecule has 2 bridgehead atoms. The Bertz CT molecular complexity index is 243. The Labute approximate surface area is 95.3 Å². The Morgan fingerprint density at radius 1 is 1.27 bits per heavy atom. The van der Waals surface area contributed by atoms with Crippen LogP contribution in [0.1, 0.15) is 38.5 Å². The number of rotatable bonds is 3. The van der Waals surface area contributed by atoms with Gasteiger partial charge in [0.05, 0.1) is 12.5 Å². The van der Waals surface area contributed by atoms with Crippen LogP contribution in [0.5, 0.6) is 0 Å². The second-order valence-corrected chi connectivity index (χ2v) is 5.70. The van der Waals surface area contributed by atoms with Crippen molar-refractivity contribution >= 4 is 17.9 Å². The van der Waals surface area contributed by atoms with Gasteiger partial charge in [-0.3, -0.25) is 9.93 Å². The van der Waals surface area contributed by atoms with Gasteiger partial charge in [0.2, 0.25) is 0 Å². The van der Waals surface area contributed by atoms with Crippen molar-refractivity contribution in [2.75, 3.05) is 12.9 Å². The van der Waals surface area contributed by atoms with Crippen molar-refractivity contribution in [1.29, 1.82) is 0 Å². The third-order valence-corrected chi connectivity index (χ3v) is 5.19. The Kier molecular flexibility index (Phi) is 2.99. The largest absolute Gasteiger partial charge is 0.469 e. The highest BCUT2D eigenvalue weighted by molar-refractivity contribution is 7.97. The zero-order valence-corrected chi connectivity index (χ0v) is 10.1. The quantitative estimate of drug-likeness (QED) is 0.595. The molecule has 3 aliphatic carbocycles. The van der Waals surface area contributed by atoms with Gasteiger partial charge in [0.15, 0.2) is 0 Å². The summed E-state index contributed by atoms with van der Waals surface area (Å²) in [7, 11) is 1.50. The summed E-state index contributed by atoms with van der Waals surface area (Å²) in [6.45, 7) is 0. The summed E-state index contributed by atoms with van der Waals surface area (Å²) in [5.74, 6) is 1.06. The first kappa shape index (κ1) is 11.3. The van der Waals surface area contributed by atoms with E-state index in [1.807, 2.05) is 0 Å². The molecule has 0 aromatic carbocycles. The summed E-state index contributed by atoms with van der Waals surface area (Å²) in [5, 5.41) is 5.58. The van der Waals surface area contributed by atoms with Crippen LogP contribution in [0.3, 0.4) is 0 Å². The summed E-state index contributed by atoms with van der Waals surface area (Å²) in [5.41, 5.74) is 0.283. The fraction of sp³-hybridized carbons (Fsp3) is 0.909. The fourth-order valence-electron chi connectivity index (χ4n) is 3.18. The number of carbonyl (C=O) groups excluding carboxylic acids is 1. The van der Waals surface area contributed by atoms with Crippen molar-refractivity contribution in [2.45, 2.75) is 38.5 Å². The van der Waals surface area contributed by atoms with Crippen molar-refractivity contribution in [3.05, 3.63) is 0 Å². The van der Waals surface area contributed by atoms with Crippen molar-refractivity contribution in [3.63, 3.8) is 0 Å². The SMILES string of the molecule is COC(=O)C12CCC(CSN)(CC1)CC2. The van der Waals surface area contributed by atoms with E-state index >= 15 is 0 Å². The van der Waals surface area contributed by atoms with Gasteiger partial charge in [-0.05, 0) is 43.9 Å². The predicted octanol–water partition coefficient (Wildman–Crippen LogP) is 2.11. The maximum atomic E-state index is 11.8. The number of ether oxygens (including phenoxy) is 1. The lowest BCUT2D eigenvalue weighted by molar-refractivity contribution is -0.161. The fourth-order valence-corrected chi connectivity index (χ4v) is 3.97. The Morgan fingerprint density at radius 2 is 1.80 bits per heavy atom. The minimum atomic E-state index is -0.143. The monoisotopic (exact) mass is 229 g/mol. The molecule has 0 heterocycles. The van der Waals surface area contributed by atoms with E-state index in [0.717, 1.165) is 44.3 Å².